The number of rotatable bonds is 3. The van der Waals surface area contributed by atoms with Gasteiger partial charge in [0, 0.05) is 18.7 Å². The molecule has 2 rings (SSSR count). The molecule has 0 radical (unpaired) electrons. The first-order valence-electron chi connectivity index (χ1n) is 6.50. The molecule has 0 atom stereocenters. The summed E-state index contributed by atoms with van der Waals surface area (Å²) in [6.45, 7) is 2.29. The lowest BCUT2D eigenvalue weighted by Gasteiger charge is -2.32. The van der Waals surface area contributed by atoms with Crippen LogP contribution < -0.4 is 5.32 Å². The van der Waals surface area contributed by atoms with Crippen LogP contribution in [0.25, 0.3) is 0 Å². The van der Waals surface area contributed by atoms with Gasteiger partial charge in [-0.3, -0.25) is 4.79 Å². The number of amides is 1. The highest BCUT2D eigenvalue weighted by Crippen LogP contribution is 2.19. The molecular weight excluding hydrogens is 250 g/mol. The molecule has 0 spiro atoms. The van der Waals surface area contributed by atoms with Crippen molar-refractivity contribution in [1.29, 1.82) is 0 Å². The molecule has 1 aliphatic heterocycles. The van der Waals surface area contributed by atoms with Gasteiger partial charge in [-0.05, 0) is 50.6 Å². The maximum Gasteiger partial charge on any atom is 0.253 e. The second kappa shape index (κ2) is 6.10. The van der Waals surface area contributed by atoms with E-state index in [2.05, 4.69) is 5.32 Å². The van der Waals surface area contributed by atoms with Gasteiger partial charge in [-0.1, -0.05) is 0 Å². The molecule has 1 aromatic rings. The van der Waals surface area contributed by atoms with Crippen LogP contribution in [0.2, 0.25) is 0 Å². The van der Waals surface area contributed by atoms with Crippen LogP contribution >= 0.6 is 0 Å². The third-order valence-electron chi connectivity index (χ3n) is 3.56. The van der Waals surface area contributed by atoms with Gasteiger partial charge in [-0.25, -0.2) is 8.78 Å². The molecule has 1 aliphatic rings. The molecule has 104 valence electrons. The second-order valence-corrected chi connectivity index (χ2v) is 4.92. The summed E-state index contributed by atoms with van der Waals surface area (Å²) in [6.07, 6.45) is 1.88. The SMILES string of the molecule is CNCC1CCN(C(=O)c2ccc(F)c(F)c2)CC1. The summed E-state index contributed by atoms with van der Waals surface area (Å²) in [7, 11) is 1.92. The van der Waals surface area contributed by atoms with Crippen molar-refractivity contribution in [3.8, 4) is 0 Å². The average Bonchev–Trinajstić information content (AvgIpc) is 2.42. The quantitative estimate of drug-likeness (QED) is 0.910. The third kappa shape index (κ3) is 3.29. The van der Waals surface area contributed by atoms with Crippen molar-refractivity contribution in [3.05, 3.63) is 35.4 Å². The molecule has 19 heavy (non-hydrogen) atoms. The standard InChI is InChI=1S/C14H18F2N2O/c1-17-9-10-4-6-18(7-5-10)14(19)11-2-3-12(15)13(16)8-11/h2-3,8,10,17H,4-7,9H2,1H3. The van der Waals surface area contributed by atoms with Gasteiger partial charge in [0.15, 0.2) is 11.6 Å². The van der Waals surface area contributed by atoms with E-state index < -0.39 is 11.6 Å². The van der Waals surface area contributed by atoms with Gasteiger partial charge in [-0.15, -0.1) is 0 Å². The fourth-order valence-corrected chi connectivity index (χ4v) is 2.44. The van der Waals surface area contributed by atoms with Crippen molar-refractivity contribution in [2.75, 3.05) is 26.7 Å². The number of hydrogen-bond acceptors (Lipinski definition) is 2. The summed E-state index contributed by atoms with van der Waals surface area (Å²) in [5, 5.41) is 3.13. The lowest BCUT2D eigenvalue weighted by molar-refractivity contribution is 0.0690. The maximum absolute atomic E-state index is 13.1. The Labute approximate surface area is 111 Å². The number of nitrogens with zero attached hydrogens (tertiary/aromatic N) is 1. The molecule has 0 saturated carbocycles. The van der Waals surface area contributed by atoms with Gasteiger partial charge in [0.1, 0.15) is 0 Å². The number of hydrogen-bond donors (Lipinski definition) is 1. The number of piperidine rings is 1. The van der Waals surface area contributed by atoms with Crippen molar-refractivity contribution >= 4 is 5.91 Å². The van der Waals surface area contributed by atoms with Crippen molar-refractivity contribution in [1.82, 2.24) is 10.2 Å². The minimum Gasteiger partial charge on any atom is -0.339 e. The number of carbonyl (C=O) groups excluding carboxylic acids is 1. The Hall–Kier alpha value is -1.49. The summed E-state index contributed by atoms with van der Waals surface area (Å²) in [4.78, 5) is 13.9. The van der Waals surface area contributed by atoms with Crippen LogP contribution in [0.3, 0.4) is 0 Å². The van der Waals surface area contributed by atoms with E-state index in [1.54, 1.807) is 4.90 Å². The lowest BCUT2D eigenvalue weighted by Crippen LogP contribution is -2.40. The molecule has 0 aromatic heterocycles. The normalized spacial score (nSPS) is 16.7. The van der Waals surface area contributed by atoms with Crippen LogP contribution in [-0.2, 0) is 0 Å². The molecule has 5 heteroatoms. The van der Waals surface area contributed by atoms with Crippen LogP contribution in [0, 0.1) is 17.6 Å². The number of likely N-dealkylation sites (tertiary alicyclic amines) is 1. The van der Waals surface area contributed by atoms with Crippen molar-refractivity contribution in [2.24, 2.45) is 5.92 Å². The van der Waals surface area contributed by atoms with Gasteiger partial charge in [0.25, 0.3) is 5.91 Å². The summed E-state index contributed by atoms with van der Waals surface area (Å²) in [5.74, 6) is -1.54. The number of nitrogens with one attached hydrogen (secondary N) is 1. The Morgan fingerprint density at radius 2 is 2.00 bits per heavy atom. The fourth-order valence-electron chi connectivity index (χ4n) is 2.44. The largest absolute Gasteiger partial charge is 0.339 e. The van der Waals surface area contributed by atoms with Gasteiger partial charge in [0.05, 0.1) is 0 Å². The molecule has 1 saturated heterocycles. The molecular formula is C14H18F2N2O. The van der Waals surface area contributed by atoms with Gasteiger partial charge >= 0.3 is 0 Å². The molecule has 3 nitrogen and oxygen atoms in total. The molecule has 1 fully saturated rings. The fraction of sp³-hybridized carbons (Fsp3) is 0.500. The number of benzene rings is 1. The third-order valence-corrected chi connectivity index (χ3v) is 3.56. The monoisotopic (exact) mass is 268 g/mol. The van der Waals surface area contributed by atoms with E-state index in [0.717, 1.165) is 31.5 Å². The first-order chi connectivity index (χ1) is 9.11. The first-order valence-corrected chi connectivity index (χ1v) is 6.50. The van der Waals surface area contributed by atoms with E-state index in [0.29, 0.717) is 19.0 Å². The summed E-state index contributed by atoms with van der Waals surface area (Å²) >= 11 is 0. The molecule has 0 bridgehead atoms. The van der Waals surface area contributed by atoms with Gasteiger partial charge < -0.3 is 10.2 Å². The Kier molecular flexibility index (Phi) is 4.47. The van der Waals surface area contributed by atoms with E-state index >= 15 is 0 Å². The predicted octanol–water partition coefficient (Wildman–Crippen LogP) is 2.04. The van der Waals surface area contributed by atoms with Crippen LogP contribution in [0.1, 0.15) is 23.2 Å². The minimum atomic E-state index is -0.976. The smallest absolute Gasteiger partial charge is 0.253 e. The molecule has 1 amide bonds. The zero-order chi connectivity index (χ0) is 13.8. The number of halogens is 2. The highest BCUT2D eigenvalue weighted by Gasteiger charge is 2.23. The highest BCUT2D eigenvalue weighted by molar-refractivity contribution is 5.94. The zero-order valence-corrected chi connectivity index (χ0v) is 11.0. The van der Waals surface area contributed by atoms with E-state index in [9.17, 15) is 13.6 Å². The van der Waals surface area contributed by atoms with Crippen molar-refractivity contribution in [3.63, 3.8) is 0 Å². The second-order valence-electron chi connectivity index (χ2n) is 4.92. The van der Waals surface area contributed by atoms with Crippen LogP contribution in [0.5, 0.6) is 0 Å². The summed E-state index contributed by atoms with van der Waals surface area (Å²) in [6, 6.07) is 3.30. The Morgan fingerprint density at radius 3 is 2.58 bits per heavy atom. The molecule has 0 aliphatic carbocycles. The molecule has 1 N–H and O–H groups in total. The van der Waals surface area contributed by atoms with Gasteiger partial charge in [0.2, 0.25) is 0 Å². The van der Waals surface area contributed by atoms with E-state index in [1.165, 1.54) is 6.07 Å². The molecule has 0 unspecified atom stereocenters. The van der Waals surface area contributed by atoms with E-state index in [-0.39, 0.29) is 11.5 Å². The highest BCUT2D eigenvalue weighted by atomic mass is 19.2. The van der Waals surface area contributed by atoms with E-state index in [4.69, 9.17) is 0 Å². The van der Waals surface area contributed by atoms with Crippen molar-refractivity contribution < 1.29 is 13.6 Å². The predicted molar refractivity (Wildman–Crippen MR) is 68.9 cm³/mol. The molecule has 1 heterocycles. The lowest BCUT2D eigenvalue weighted by atomic mass is 9.96. The number of carbonyl (C=O) groups is 1. The summed E-state index contributed by atoms with van der Waals surface area (Å²) in [5.41, 5.74) is 0.214. The van der Waals surface area contributed by atoms with Crippen molar-refractivity contribution in [2.45, 2.75) is 12.8 Å². The maximum atomic E-state index is 13.1. The topological polar surface area (TPSA) is 32.3 Å². The van der Waals surface area contributed by atoms with E-state index in [1.807, 2.05) is 7.05 Å². The Morgan fingerprint density at radius 1 is 1.32 bits per heavy atom. The Bertz CT molecular complexity index is 457. The Balaban J connectivity index is 1.99. The minimum absolute atomic E-state index is 0.214. The van der Waals surface area contributed by atoms with Gasteiger partial charge in [-0.2, -0.15) is 0 Å². The van der Waals surface area contributed by atoms with Crippen LogP contribution in [0.15, 0.2) is 18.2 Å². The molecule has 1 aromatic carbocycles. The zero-order valence-electron chi connectivity index (χ0n) is 11.0. The van der Waals surface area contributed by atoms with Crippen LogP contribution in [0.4, 0.5) is 8.78 Å². The average molecular weight is 268 g/mol. The van der Waals surface area contributed by atoms with Crippen LogP contribution in [-0.4, -0.2) is 37.5 Å². The first kappa shape index (κ1) is 13.9. The summed E-state index contributed by atoms with van der Waals surface area (Å²) < 4.78 is 25.9.